The maximum Gasteiger partial charge on any atom is 0.229 e. The highest BCUT2D eigenvalue weighted by atomic mass is 32.1. The summed E-state index contributed by atoms with van der Waals surface area (Å²) in [7, 11) is 0. The Hall–Kier alpha value is -1.86. The number of nitrogens with one attached hydrogen (secondary N) is 1. The summed E-state index contributed by atoms with van der Waals surface area (Å²) in [4.78, 5) is 12.0. The molecule has 0 unspecified atom stereocenters. The van der Waals surface area contributed by atoms with Crippen molar-refractivity contribution in [3.63, 3.8) is 0 Å². The van der Waals surface area contributed by atoms with Crippen molar-refractivity contribution < 1.29 is 4.79 Å². The molecule has 0 saturated heterocycles. The molecule has 0 aliphatic rings. The number of anilines is 1. The Morgan fingerprint density at radius 2 is 2.11 bits per heavy atom. The Kier molecular flexibility index (Phi) is 3.96. The lowest BCUT2D eigenvalue weighted by Gasteiger charge is -2.03. The number of amides is 1. The van der Waals surface area contributed by atoms with Crippen molar-refractivity contribution in [2.75, 3.05) is 5.32 Å². The minimum atomic E-state index is -0.107. The highest BCUT2D eigenvalue weighted by molar-refractivity contribution is 7.80. The maximum atomic E-state index is 11.7. The molecule has 2 aromatic rings. The predicted octanol–water partition coefficient (Wildman–Crippen LogP) is 1.35. The molecule has 0 spiro atoms. The van der Waals surface area contributed by atoms with E-state index in [2.05, 4.69) is 14.9 Å². The smallest absolute Gasteiger partial charge is 0.229 e. The normalized spacial score (nSPS) is 10.0. The average molecular weight is 278 g/mol. The van der Waals surface area contributed by atoms with Crippen LogP contribution < -0.4 is 11.1 Å². The Labute approximate surface area is 113 Å². The molecule has 3 N–H and O–H groups in total. The van der Waals surface area contributed by atoms with Gasteiger partial charge in [-0.05, 0) is 5.56 Å². The largest absolute Gasteiger partial charge is 0.389 e. The average Bonchev–Trinajstić information content (AvgIpc) is 2.82. The van der Waals surface area contributed by atoms with Crippen molar-refractivity contribution in [3.8, 4) is 0 Å². The van der Waals surface area contributed by atoms with E-state index in [1.165, 1.54) is 6.20 Å². The maximum absolute atomic E-state index is 11.7. The number of aromatic nitrogens is 2. The van der Waals surface area contributed by atoms with Crippen molar-refractivity contribution in [3.05, 3.63) is 41.6 Å². The highest BCUT2D eigenvalue weighted by Crippen LogP contribution is 2.11. The molecule has 1 heterocycles. The van der Waals surface area contributed by atoms with Crippen LogP contribution in [-0.4, -0.2) is 20.5 Å². The SMILES string of the molecule is NC(=S)c1ccc(CC(=O)Nc2cnns2)cc1. The first kappa shape index (κ1) is 12.6. The summed E-state index contributed by atoms with van der Waals surface area (Å²) in [6.45, 7) is 0. The lowest BCUT2D eigenvalue weighted by atomic mass is 10.1. The molecule has 1 aromatic heterocycles. The van der Waals surface area contributed by atoms with E-state index < -0.39 is 0 Å². The zero-order chi connectivity index (χ0) is 13.0. The van der Waals surface area contributed by atoms with E-state index in [4.69, 9.17) is 18.0 Å². The first-order chi connectivity index (χ1) is 8.65. The van der Waals surface area contributed by atoms with Gasteiger partial charge in [-0.25, -0.2) is 0 Å². The van der Waals surface area contributed by atoms with E-state index in [0.717, 1.165) is 22.7 Å². The van der Waals surface area contributed by atoms with Gasteiger partial charge in [-0.1, -0.05) is 41.0 Å². The quantitative estimate of drug-likeness (QED) is 0.825. The summed E-state index contributed by atoms with van der Waals surface area (Å²) in [5, 5.41) is 6.99. The van der Waals surface area contributed by atoms with E-state index in [1.54, 1.807) is 12.1 Å². The molecule has 0 saturated carbocycles. The molecule has 18 heavy (non-hydrogen) atoms. The molecule has 7 heteroatoms. The van der Waals surface area contributed by atoms with E-state index in [-0.39, 0.29) is 12.3 Å². The zero-order valence-electron chi connectivity index (χ0n) is 9.29. The Morgan fingerprint density at radius 1 is 1.39 bits per heavy atom. The summed E-state index contributed by atoms with van der Waals surface area (Å²) in [6.07, 6.45) is 1.80. The van der Waals surface area contributed by atoms with Crippen LogP contribution in [0, 0.1) is 0 Å². The molecule has 2 rings (SSSR count). The summed E-state index contributed by atoms with van der Waals surface area (Å²) >= 11 is 6.00. The topological polar surface area (TPSA) is 80.9 Å². The molecule has 1 amide bonds. The lowest BCUT2D eigenvalue weighted by molar-refractivity contribution is -0.115. The zero-order valence-corrected chi connectivity index (χ0v) is 10.9. The number of thiocarbonyl (C=S) groups is 1. The van der Waals surface area contributed by atoms with Crippen LogP contribution in [0.5, 0.6) is 0 Å². The van der Waals surface area contributed by atoms with Crippen molar-refractivity contribution in [1.29, 1.82) is 0 Å². The molecule has 92 valence electrons. The summed E-state index contributed by atoms with van der Waals surface area (Å²) in [5.41, 5.74) is 7.18. The monoisotopic (exact) mass is 278 g/mol. The third-order valence-corrected chi connectivity index (χ3v) is 3.04. The minimum absolute atomic E-state index is 0.107. The molecule has 0 radical (unpaired) electrons. The van der Waals surface area contributed by atoms with Crippen LogP contribution in [-0.2, 0) is 11.2 Å². The minimum Gasteiger partial charge on any atom is -0.389 e. The van der Waals surface area contributed by atoms with E-state index in [9.17, 15) is 4.79 Å². The fraction of sp³-hybridized carbons (Fsp3) is 0.0909. The van der Waals surface area contributed by atoms with Gasteiger partial charge in [0.2, 0.25) is 5.91 Å². The molecular formula is C11H10N4OS2. The summed E-state index contributed by atoms with van der Waals surface area (Å²) < 4.78 is 3.66. The van der Waals surface area contributed by atoms with Gasteiger partial charge in [0.1, 0.15) is 9.99 Å². The van der Waals surface area contributed by atoms with Gasteiger partial charge in [0.25, 0.3) is 0 Å². The van der Waals surface area contributed by atoms with Gasteiger partial charge in [0, 0.05) is 17.1 Å². The first-order valence-electron chi connectivity index (χ1n) is 5.11. The van der Waals surface area contributed by atoms with Gasteiger partial charge < -0.3 is 11.1 Å². The van der Waals surface area contributed by atoms with Crippen molar-refractivity contribution in [1.82, 2.24) is 9.59 Å². The van der Waals surface area contributed by atoms with Gasteiger partial charge in [0.15, 0.2) is 0 Å². The number of rotatable bonds is 4. The molecular weight excluding hydrogens is 268 g/mol. The number of carbonyl (C=O) groups excluding carboxylic acids is 1. The standard InChI is InChI=1S/C11H10N4OS2/c12-11(17)8-3-1-7(2-4-8)5-9(16)14-10-6-13-15-18-10/h1-4,6H,5H2,(H2,12,17)(H,14,16). The number of carbonyl (C=O) groups is 1. The van der Waals surface area contributed by atoms with E-state index in [1.807, 2.05) is 12.1 Å². The Bertz CT molecular complexity index is 551. The second-order valence-electron chi connectivity index (χ2n) is 3.57. The van der Waals surface area contributed by atoms with Crippen molar-refractivity contribution in [2.45, 2.75) is 6.42 Å². The van der Waals surface area contributed by atoms with Crippen LogP contribution in [0.3, 0.4) is 0 Å². The molecule has 0 aliphatic carbocycles. The van der Waals surface area contributed by atoms with Crippen LogP contribution in [0.25, 0.3) is 0 Å². The Balaban J connectivity index is 1.97. The molecule has 5 nitrogen and oxygen atoms in total. The van der Waals surface area contributed by atoms with Crippen LogP contribution in [0.2, 0.25) is 0 Å². The number of nitrogens with zero attached hydrogens (tertiary/aromatic N) is 2. The van der Waals surface area contributed by atoms with Crippen LogP contribution >= 0.6 is 23.8 Å². The molecule has 0 atom stereocenters. The predicted molar refractivity (Wildman–Crippen MR) is 74.6 cm³/mol. The second kappa shape index (κ2) is 5.65. The van der Waals surface area contributed by atoms with E-state index in [0.29, 0.717) is 9.99 Å². The number of nitrogens with two attached hydrogens (primary N) is 1. The fourth-order valence-electron chi connectivity index (χ4n) is 1.38. The van der Waals surface area contributed by atoms with Crippen LogP contribution in [0.4, 0.5) is 5.00 Å². The van der Waals surface area contributed by atoms with Gasteiger partial charge in [-0.3, -0.25) is 4.79 Å². The van der Waals surface area contributed by atoms with Gasteiger partial charge in [0.05, 0.1) is 12.6 Å². The van der Waals surface area contributed by atoms with Crippen molar-refractivity contribution in [2.24, 2.45) is 5.73 Å². The Morgan fingerprint density at radius 3 is 2.67 bits per heavy atom. The van der Waals surface area contributed by atoms with Crippen LogP contribution in [0.15, 0.2) is 30.5 Å². The fourth-order valence-corrected chi connectivity index (χ4v) is 1.95. The molecule has 0 bridgehead atoms. The summed E-state index contributed by atoms with van der Waals surface area (Å²) in [6, 6.07) is 7.27. The van der Waals surface area contributed by atoms with Crippen LogP contribution in [0.1, 0.15) is 11.1 Å². The van der Waals surface area contributed by atoms with Crippen molar-refractivity contribution >= 4 is 39.6 Å². The van der Waals surface area contributed by atoms with E-state index >= 15 is 0 Å². The second-order valence-corrected chi connectivity index (χ2v) is 4.79. The first-order valence-corrected chi connectivity index (χ1v) is 6.29. The number of benzene rings is 1. The highest BCUT2D eigenvalue weighted by Gasteiger charge is 2.06. The third kappa shape index (κ3) is 3.31. The molecule has 1 aromatic carbocycles. The molecule has 0 fully saturated rings. The number of hydrogen-bond acceptors (Lipinski definition) is 5. The van der Waals surface area contributed by atoms with Gasteiger partial charge >= 0.3 is 0 Å². The third-order valence-electron chi connectivity index (χ3n) is 2.23. The van der Waals surface area contributed by atoms with Gasteiger partial charge in [-0.15, -0.1) is 5.10 Å². The van der Waals surface area contributed by atoms with Gasteiger partial charge in [-0.2, -0.15) is 0 Å². The lowest BCUT2D eigenvalue weighted by Crippen LogP contribution is -2.14. The number of hydrogen-bond donors (Lipinski definition) is 2. The summed E-state index contributed by atoms with van der Waals surface area (Å²) in [5.74, 6) is -0.107. The molecule has 0 aliphatic heterocycles.